The van der Waals surface area contributed by atoms with Crippen LogP contribution in [0.1, 0.15) is 18.5 Å². The topological polar surface area (TPSA) is 51.2 Å². The second-order valence-corrected chi connectivity index (χ2v) is 6.59. The molecule has 0 bridgehead atoms. The number of hydrogen-bond donors (Lipinski definition) is 1. The predicted molar refractivity (Wildman–Crippen MR) is 95.5 cm³/mol. The Hall–Kier alpha value is -1.98. The van der Waals surface area contributed by atoms with Crippen LogP contribution in [0.5, 0.6) is 5.75 Å². The summed E-state index contributed by atoms with van der Waals surface area (Å²) in [6.45, 7) is 1.68. The van der Waals surface area contributed by atoms with Crippen molar-refractivity contribution in [3.8, 4) is 16.9 Å². The molecule has 1 aliphatic rings. The maximum Gasteiger partial charge on any atom is 0.143 e. The van der Waals surface area contributed by atoms with Crippen LogP contribution in [-0.4, -0.2) is 31.0 Å². The van der Waals surface area contributed by atoms with Crippen molar-refractivity contribution in [1.29, 1.82) is 0 Å². The van der Waals surface area contributed by atoms with Crippen molar-refractivity contribution in [3.63, 3.8) is 0 Å². The van der Waals surface area contributed by atoms with Crippen molar-refractivity contribution in [2.75, 3.05) is 20.2 Å². The van der Waals surface area contributed by atoms with Gasteiger partial charge in [0.05, 0.1) is 12.1 Å². The van der Waals surface area contributed by atoms with Gasteiger partial charge in [0.1, 0.15) is 17.3 Å². The molecular formula is C19H20ClFN2O2. The van der Waals surface area contributed by atoms with Crippen LogP contribution in [0.3, 0.4) is 0 Å². The number of piperidine rings is 1. The molecule has 132 valence electrons. The van der Waals surface area contributed by atoms with Gasteiger partial charge in [0.25, 0.3) is 0 Å². The maximum absolute atomic E-state index is 13.7. The standard InChI is InChI=1S/C19H20ClFN2O2/c1-25-19-5-4-13(21)7-16(19)15-8-14(23-11-17(15)20)9-18(24)12-3-2-6-22-10-12/h4-5,7-8,11-12,22H,2-3,6,9-10H2,1H3/t12-/m1/s1. The van der Waals surface area contributed by atoms with Gasteiger partial charge in [0.15, 0.2) is 0 Å². The van der Waals surface area contributed by atoms with Gasteiger partial charge in [-0.1, -0.05) is 11.6 Å². The van der Waals surface area contributed by atoms with Crippen molar-refractivity contribution in [1.82, 2.24) is 10.3 Å². The number of rotatable bonds is 5. The van der Waals surface area contributed by atoms with Gasteiger partial charge >= 0.3 is 0 Å². The first kappa shape index (κ1) is 17.8. The molecule has 0 amide bonds. The van der Waals surface area contributed by atoms with E-state index in [4.69, 9.17) is 16.3 Å². The van der Waals surface area contributed by atoms with Crippen molar-refractivity contribution in [2.24, 2.45) is 5.92 Å². The molecule has 1 atom stereocenters. The van der Waals surface area contributed by atoms with Gasteiger partial charge in [-0.25, -0.2) is 4.39 Å². The van der Waals surface area contributed by atoms with E-state index in [1.807, 2.05) is 0 Å². The third-order valence-corrected chi connectivity index (χ3v) is 4.77. The number of carbonyl (C=O) groups excluding carboxylic acids is 1. The summed E-state index contributed by atoms with van der Waals surface area (Å²) < 4.78 is 19.0. The number of nitrogens with one attached hydrogen (secondary N) is 1. The summed E-state index contributed by atoms with van der Waals surface area (Å²) in [5.41, 5.74) is 1.78. The fourth-order valence-corrected chi connectivity index (χ4v) is 3.33. The highest BCUT2D eigenvalue weighted by Gasteiger charge is 2.22. The second kappa shape index (κ2) is 7.93. The van der Waals surface area contributed by atoms with E-state index >= 15 is 0 Å². The molecule has 0 aliphatic carbocycles. The average Bonchev–Trinajstić information content (AvgIpc) is 2.64. The Labute approximate surface area is 151 Å². The Bertz CT molecular complexity index is 776. The number of hydrogen-bond acceptors (Lipinski definition) is 4. The molecule has 2 aromatic rings. The van der Waals surface area contributed by atoms with E-state index in [1.54, 1.807) is 12.1 Å². The van der Waals surface area contributed by atoms with Gasteiger partial charge in [-0.05, 0) is 43.7 Å². The molecule has 1 aliphatic heterocycles. The number of methoxy groups -OCH3 is 1. The molecule has 0 spiro atoms. The van der Waals surface area contributed by atoms with Crippen LogP contribution < -0.4 is 10.1 Å². The van der Waals surface area contributed by atoms with Gasteiger partial charge in [-0.15, -0.1) is 0 Å². The van der Waals surface area contributed by atoms with E-state index < -0.39 is 0 Å². The molecule has 3 rings (SSSR count). The Balaban J connectivity index is 1.88. The first-order chi connectivity index (χ1) is 12.1. The van der Waals surface area contributed by atoms with E-state index in [2.05, 4.69) is 10.3 Å². The van der Waals surface area contributed by atoms with Gasteiger partial charge in [0.2, 0.25) is 0 Å². The van der Waals surface area contributed by atoms with Crippen molar-refractivity contribution < 1.29 is 13.9 Å². The Morgan fingerprint density at radius 1 is 1.40 bits per heavy atom. The number of halogens is 2. The van der Waals surface area contributed by atoms with E-state index in [9.17, 15) is 9.18 Å². The number of ketones is 1. The van der Waals surface area contributed by atoms with Crippen molar-refractivity contribution in [3.05, 3.63) is 47.0 Å². The van der Waals surface area contributed by atoms with E-state index in [1.165, 1.54) is 25.4 Å². The Morgan fingerprint density at radius 2 is 2.24 bits per heavy atom. The number of ether oxygens (including phenoxy) is 1. The maximum atomic E-state index is 13.7. The number of Topliss-reactive ketones (excluding diaryl/α,β-unsaturated/α-hetero) is 1. The molecule has 0 saturated carbocycles. The highest BCUT2D eigenvalue weighted by Crippen LogP contribution is 2.35. The summed E-state index contributed by atoms with van der Waals surface area (Å²) >= 11 is 6.26. The second-order valence-electron chi connectivity index (χ2n) is 6.19. The first-order valence-electron chi connectivity index (χ1n) is 8.30. The molecule has 1 fully saturated rings. The van der Waals surface area contributed by atoms with E-state index in [0.29, 0.717) is 27.6 Å². The molecule has 1 saturated heterocycles. The number of benzene rings is 1. The summed E-state index contributed by atoms with van der Waals surface area (Å²) in [6.07, 6.45) is 3.66. The van der Waals surface area contributed by atoms with Gasteiger partial charge in [0, 0.05) is 41.9 Å². The molecule has 6 heteroatoms. The zero-order valence-electron chi connectivity index (χ0n) is 14.0. The van der Waals surface area contributed by atoms with Crippen LogP contribution in [0, 0.1) is 11.7 Å². The quantitative estimate of drug-likeness (QED) is 0.881. The molecule has 4 nitrogen and oxygen atoms in total. The highest BCUT2D eigenvalue weighted by atomic mass is 35.5. The Kier molecular flexibility index (Phi) is 5.66. The third kappa shape index (κ3) is 4.17. The molecule has 1 aromatic carbocycles. The SMILES string of the molecule is COc1ccc(F)cc1-c1cc(CC(=O)[C@@H]2CCCNC2)ncc1Cl. The number of nitrogens with zero attached hydrogens (tertiary/aromatic N) is 1. The minimum absolute atomic E-state index is 0.0263. The summed E-state index contributed by atoms with van der Waals surface area (Å²) in [5, 5.41) is 3.64. The minimum atomic E-state index is -0.380. The molecule has 1 N–H and O–H groups in total. The summed E-state index contributed by atoms with van der Waals surface area (Å²) in [6, 6.07) is 6.00. The number of aromatic nitrogens is 1. The molecule has 0 radical (unpaired) electrons. The van der Waals surface area contributed by atoms with Crippen LogP contribution in [0.4, 0.5) is 4.39 Å². The van der Waals surface area contributed by atoms with Crippen molar-refractivity contribution in [2.45, 2.75) is 19.3 Å². The number of pyridine rings is 1. The van der Waals surface area contributed by atoms with Crippen LogP contribution >= 0.6 is 11.6 Å². The molecule has 0 unspecified atom stereocenters. The molecule has 1 aromatic heterocycles. The Morgan fingerprint density at radius 3 is 2.96 bits per heavy atom. The normalized spacial score (nSPS) is 17.3. The van der Waals surface area contributed by atoms with Crippen LogP contribution in [0.25, 0.3) is 11.1 Å². The van der Waals surface area contributed by atoms with Gasteiger partial charge in [-0.3, -0.25) is 9.78 Å². The highest BCUT2D eigenvalue weighted by molar-refractivity contribution is 6.33. The zero-order valence-corrected chi connectivity index (χ0v) is 14.8. The zero-order chi connectivity index (χ0) is 17.8. The molecule has 2 heterocycles. The number of carbonyl (C=O) groups is 1. The molecular weight excluding hydrogens is 343 g/mol. The van der Waals surface area contributed by atoms with Crippen molar-refractivity contribution >= 4 is 17.4 Å². The largest absolute Gasteiger partial charge is 0.496 e. The lowest BCUT2D eigenvalue weighted by Crippen LogP contribution is -2.35. The fraction of sp³-hybridized carbons (Fsp3) is 0.368. The fourth-order valence-electron chi connectivity index (χ4n) is 3.13. The summed E-state index contributed by atoms with van der Waals surface area (Å²) in [5.74, 6) is 0.329. The average molecular weight is 363 g/mol. The predicted octanol–water partition coefficient (Wildman–Crippen LogP) is 3.66. The summed E-state index contributed by atoms with van der Waals surface area (Å²) in [4.78, 5) is 16.7. The lowest BCUT2D eigenvalue weighted by atomic mass is 9.92. The van der Waals surface area contributed by atoms with Crippen LogP contribution in [-0.2, 0) is 11.2 Å². The van der Waals surface area contributed by atoms with E-state index in [0.717, 1.165) is 25.9 Å². The van der Waals surface area contributed by atoms with Gasteiger partial charge < -0.3 is 10.1 Å². The smallest absolute Gasteiger partial charge is 0.143 e. The van der Waals surface area contributed by atoms with Gasteiger partial charge in [-0.2, -0.15) is 0 Å². The minimum Gasteiger partial charge on any atom is -0.496 e. The first-order valence-corrected chi connectivity index (χ1v) is 8.68. The summed E-state index contributed by atoms with van der Waals surface area (Å²) in [7, 11) is 1.52. The monoisotopic (exact) mass is 362 g/mol. The van der Waals surface area contributed by atoms with E-state index in [-0.39, 0.29) is 23.9 Å². The molecule has 25 heavy (non-hydrogen) atoms. The third-order valence-electron chi connectivity index (χ3n) is 4.47. The lowest BCUT2D eigenvalue weighted by molar-refractivity contribution is -0.122. The van der Waals surface area contributed by atoms with Crippen LogP contribution in [0.15, 0.2) is 30.5 Å². The lowest BCUT2D eigenvalue weighted by Gasteiger charge is -2.21. The van der Waals surface area contributed by atoms with Crippen LogP contribution in [0.2, 0.25) is 5.02 Å².